The van der Waals surface area contributed by atoms with Gasteiger partial charge in [0.05, 0.1) is 13.2 Å². The molecule has 2 rings (SSSR count). The summed E-state index contributed by atoms with van der Waals surface area (Å²) in [4.78, 5) is 1.79. The number of morpholine rings is 1. The van der Waals surface area contributed by atoms with E-state index in [2.05, 4.69) is 19.9 Å². The van der Waals surface area contributed by atoms with Gasteiger partial charge in [0, 0.05) is 18.7 Å². The zero-order valence-corrected chi connectivity index (χ0v) is 12.9. The van der Waals surface area contributed by atoms with Crippen molar-refractivity contribution in [3.63, 3.8) is 0 Å². The highest BCUT2D eigenvalue weighted by atomic mass is 16.5. The smallest absolute Gasteiger partial charge is 0.291 e. The molecule has 1 saturated heterocycles. The Hall–Kier alpha value is -1.88. The van der Waals surface area contributed by atoms with Crippen LogP contribution in [0.4, 0.5) is 0 Å². The van der Waals surface area contributed by atoms with Crippen LogP contribution in [0.15, 0.2) is 18.2 Å². The number of benzene rings is 1. The second-order valence-corrected chi connectivity index (χ2v) is 5.56. The van der Waals surface area contributed by atoms with Gasteiger partial charge < -0.3 is 14.4 Å². The molecule has 1 fully saturated rings. The van der Waals surface area contributed by atoms with Crippen molar-refractivity contribution in [1.82, 2.24) is 4.90 Å². The summed E-state index contributed by atoms with van der Waals surface area (Å²) >= 11 is 0. The van der Waals surface area contributed by atoms with Crippen molar-refractivity contribution >= 4 is 11.9 Å². The molecule has 2 N–H and O–H groups in total. The van der Waals surface area contributed by atoms with E-state index in [0.29, 0.717) is 32.2 Å². The zero-order chi connectivity index (χ0) is 15.4. The van der Waals surface area contributed by atoms with E-state index in [-0.39, 0.29) is 11.9 Å². The summed E-state index contributed by atoms with van der Waals surface area (Å²) in [5.74, 6) is 0.485. The topological polar surface area (TPSA) is 69.4 Å². The molecule has 21 heavy (non-hydrogen) atoms. The minimum atomic E-state index is 0.0237. The van der Waals surface area contributed by atoms with Gasteiger partial charge in [-0.25, -0.2) is 0 Å². The van der Waals surface area contributed by atoms with Crippen LogP contribution in [0.1, 0.15) is 36.5 Å². The highest BCUT2D eigenvalue weighted by molar-refractivity contribution is 5.99. The zero-order valence-electron chi connectivity index (χ0n) is 12.9. The third-order valence-electron chi connectivity index (χ3n) is 3.66. The van der Waals surface area contributed by atoms with E-state index in [4.69, 9.17) is 20.3 Å². The van der Waals surface area contributed by atoms with Crippen LogP contribution in [0.3, 0.4) is 0 Å². The third kappa shape index (κ3) is 3.82. The predicted octanol–water partition coefficient (Wildman–Crippen LogP) is 2.73. The van der Waals surface area contributed by atoms with Crippen LogP contribution in [-0.4, -0.2) is 43.1 Å². The molecule has 1 aromatic rings. The van der Waals surface area contributed by atoms with E-state index in [0.717, 1.165) is 11.1 Å². The molecule has 0 radical (unpaired) electrons. The molecule has 0 saturated carbocycles. The molecule has 0 aromatic heterocycles. The first-order valence-corrected chi connectivity index (χ1v) is 7.27. The fourth-order valence-electron chi connectivity index (χ4n) is 2.28. The van der Waals surface area contributed by atoms with Crippen LogP contribution in [0.5, 0.6) is 0 Å². The molecular weight excluding hydrogens is 266 g/mol. The first-order chi connectivity index (χ1) is 9.99. The highest BCUT2D eigenvalue weighted by Crippen LogP contribution is 2.19. The number of aryl methyl sites for hydroxylation is 1. The van der Waals surface area contributed by atoms with E-state index in [1.165, 1.54) is 5.56 Å². The molecular formula is C16H23N3O2. The standard InChI is InChI=1S/C16H23N3O2/c1-11(2)13-4-5-14(12(3)10-13)15(17)21-16(18)19-6-8-20-9-7-19/h4-5,10-11,17-18H,6-9H2,1-3H3. The Bertz CT molecular complexity index is 534. The van der Waals surface area contributed by atoms with Crippen molar-refractivity contribution in [1.29, 1.82) is 10.8 Å². The molecule has 0 atom stereocenters. The summed E-state index contributed by atoms with van der Waals surface area (Å²) < 4.78 is 10.6. The summed E-state index contributed by atoms with van der Waals surface area (Å²) in [6.45, 7) is 8.73. The lowest BCUT2D eigenvalue weighted by atomic mass is 9.98. The Morgan fingerprint density at radius 3 is 2.48 bits per heavy atom. The van der Waals surface area contributed by atoms with Crippen molar-refractivity contribution in [2.45, 2.75) is 26.7 Å². The van der Waals surface area contributed by atoms with E-state index in [1.54, 1.807) is 4.90 Å². The third-order valence-corrected chi connectivity index (χ3v) is 3.66. The van der Waals surface area contributed by atoms with Crippen LogP contribution >= 0.6 is 0 Å². The van der Waals surface area contributed by atoms with Gasteiger partial charge in [-0.15, -0.1) is 0 Å². The molecule has 0 bridgehead atoms. The summed E-state index contributed by atoms with van der Waals surface area (Å²) in [6.07, 6.45) is 0. The van der Waals surface area contributed by atoms with Crippen LogP contribution in [-0.2, 0) is 9.47 Å². The maximum atomic E-state index is 8.08. The van der Waals surface area contributed by atoms with Gasteiger partial charge in [-0.3, -0.25) is 10.8 Å². The minimum Gasteiger partial charge on any atom is -0.407 e. The number of amidine groups is 1. The van der Waals surface area contributed by atoms with Crippen LogP contribution in [0.2, 0.25) is 0 Å². The first-order valence-electron chi connectivity index (χ1n) is 7.27. The first kappa shape index (κ1) is 15.5. The van der Waals surface area contributed by atoms with E-state index in [1.807, 2.05) is 19.1 Å². The van der Waals surface area contributed by atoms with Crippen molar-refractivity contribution in [3.8, 4) is 0 Å². The summed E-state index contributed by atoms with van der Waals surface area (Å²) in [6, 6.07) is 6.02. The van der Waals surface area contributed by atoms with Crippen molar-refractivity contribution in [2.75, 3.05) is 26.3 Å². The largest absolute Gasteiger partial charge is 0.407 e. The molecule has 1 aliphatic heterocycles. The lowest BCUT2D eigenvalue weighted by molar-refractivity contribution is 0.0605. The summed E-state index contributed by atoms with van der Waals surface area (Å²) in [5.41, 5.74) is 2.98. The van der Waals surface area contributed by atoms with Gasteiger partial charge in [0.15, 0.2) is 0 Å². The Morgan fingerprint density at radius 2 is 1.90 bits per heavy atom. The van der Waals surface area contributed by atoms with Gasteiger partial charge in [0.25, 0.3) is 6.02 Å². The molecule has 1 aromatic carbocycles. The van der Waals surface area contributed by atoms with Gasteiger partial charge in [-0.2, -0.15) is 0 Å². The normalized spacial score (nSPS) is 15.1. The Balaban J connectivity index is 2.04. The molecule has 0 aliphatic carbocycles. The quantitative estimate of drug-likeness (QED) is 0.649. The van der Waals surface area contributed by atoms with Gasteiger partial charge in [-0.05, 0) is 30.0 Å². The van der Waals surface area contributed by atoms with Gasteiger partial charge in [0.2, 0.25) is 5.90 Å². The molecule has 0 spiro atoms. The van der Waals surface area contributed by atoms with Crippen LogP contribution in [0, 0.1) is 17.7 Å². The fourth-order valence-corrected chi connectivity index (χ4v) is 2.28. The number of hydrogen-bond acceptors (Lipinski definition) is 4. The van der Waals surface area contributed by atoms with Gasteiger partial charge in [-0.1, -0.05) is 26.0 Å². The molecule has 114 valence electrons. The Morgan fingerprint density at radius 1 is 1.24 bits per heavy atom. The number of nitrogens with one attached hydrogen (secondary N) is 2. The number of hydrogen-bond donors (Lipinski definition) is 2. The second-order valence-electron chi connectivity index (χ2n) is 5.56. The van der Waals surface area contributed by atoms with Crippen molar-refractivity contribution in [2.24, 2.45) is 0 Å². The van der Waals surface area contributed by atoms with E-state index >= 15 is 0 Å². The number of rotatable bonds is 2. The lowest BCUT2D eigenvalue weighted by Gasteiger charge is -2.28. The number of nitrogens with zero attached hydrogens (tertiary/aromatic N) is 1. The molecule has 5 nitrogen and oxygen atoms in total. The maximum Gasteiger partial charge on any atom is 0.291 e. The van der Waals surface area contributed by atoms with Gasteiger partial charge >= 0.3 is 0 Å². The molecule has 0 amide bonds. The maximum absolute atomic E-state index is 8.08. The molecule has 1 heterocycles. The summed E-state index contributed by atoms with van der Waals surface area (Å²) in [5, 5.41) is 16.0. The lowest BCUT2D eigenvalue weighted by Crippen LogP contribution is -2.42. The van der Waals surface area contributed by atoms with E-state index < -0.39 is 0 Å². The Labute approximate surface area is 125 Å². The van der Waals surface area contributed by atoms with E-state index in [9.17, 15) is 0 Å². The van der Waals surface area contributed by atoms with Crippen molar-refractivity contribution in [3.05, 3.63) is 34.9 Å². The molecule has 5 heteroatoms. The van der Waals surface area contributed by atoms with Gasteiger partial charge in [0.1, 0.15) is 0 Å². The fraction of sp³-hybridized carbons (Fsp3) is 0.500. The predicted molar refractivity (Wildman–Crippen MR) is 83.3 cm³/mol. The number of ether oxygens (including phenoxy) is 2. The second kappa shape index (κ2) is 6.72. The SMILES string of the molecule is Cc1cc(C(C)C)ccc1C(=N)OC(=N)N1CCOCC1. The highest BCUT2D eigenvalue weighted by Gasteiger charge is 2.18. The average molecular weight is 289 g/mol. The summed E-state index contributed by atoms with van der Waals surface area (Å²) in [7, 11) is 0. The van der Waals surface area contributed by atoms with Crippen molar-refractivity contribution < 1.29 is 9.47 Å². The Kier molecular flexibility index (Phi) is 4.96. The molecule has 1 aliphatic rings. The monoisotopic (exact) mass is 289 g/mol. The minimum absolute atomic E-state index is 0.0237. The molecule has 0 unspecified atom stereocenters. The van der Waals surface area contributed by atoms with Crippen LogP contribution in [0.25, 0.3) is 0 Å². The average Bonchev–Trinajstić information content (AvgIpc) is 2.47. The van der Waals surface area contributed by atoms with Crippen LogP contribution < -0.4 is 0 Å².